The number of benzene rings is 1. The summed E-state index contributed by atoms with van der Waals surface area (Å²) in [5, 5.41) is 0.608. The summed E-state index contributed by atoms with van der Waals surface area (Å²) in [4.78, 5) is 28.2. The number of aryl methyl sites for hydroxylation is 1. The van der Waals surface area contributed by atoms with Crippen LogP contribution >= 0.6 is 11.6 Å². The van der Waals surface area contributed by atoms with Gasteiger partial charge in [-0.3, -0.25) is 9.59 Å². The highest BCUT2D eigenvalue weighted by molar-refractivity contribution is 6.31. The first-order valence-electron chi connectivity index (χ1n) is 7.21. The average molecular weight is 309 g/mol. The van der Waals surface area contributed by atoms with Gasteiger partial charge < -0.3 is 9.80 Å². The Morgan fingerprint density at radius 1 is 1.33 bits per heavy atom. The highest BCUT2D eigenvalue weighted by Gasteiger charge is 2.36. The molecule has 1 aliphatic heterocycles. The first-order valence-corrected chi connectivity index (χ1v) is 7.58. The molecule has 0 N–H and O–H groups in total. The van der Waals surface area contributed by atoms with Crippen molar-refractivity contribution in [1.29, 1.82) is 0 Å². The van der Waals surface area contributed by atoms with Crippen LogP contribution in [-0.4, -0.2) is 35.8 Å². The molecule has 0 spiro atoms. The summed E-state index contributed by atoms with van der Waals surface area (Å²) in [6, 6.07) is 5.09. The number of hydrogen-bond donors (Lipinski definition) is 0. The summed E-state index contributed by atoms with van der Waals surface area (Å²) in [5.41, 5.74) is 1.83. The first-order chi connectivity index (χ1) is 9.82. The molecule has 21 heavy (non-hydrogen) atoms. The van der Waals surface area contributed by atoms with Crippen molar-refractivity contribution >= 4 is 29.1 Å². The standard InChI is InChI=1S/C16H21ClN2O2/c1-10(2)15(20)18-7-8-19(16(21)12(18)4)14-9-13(17)6-5-11(14)3/h5-6,9-10,12H,7-8H2,1-4H3/t12-/m1/s1. The lowest BCUT2D eigenvalue weighted by atomic mass is 10.1. The van der Waals surface area contributed by atoms with Crippen LogP contribution in [0.5, 0.6) is 0 Å². The molecule has 1 heterocycles. The molecular formula is C16H21ClN2O2. The van der Waals surface area contributed by atoms with Crippen molar-refractivity contribution in [3.63, 3.8) is 0 Å². The molecule has 0 aliphatic carbocycles. The van der Waals surface area contributed by atoms with Crippen molar-refractivity contribution < 1.29 is 9.59 Å². The molecule has 1 fully saturated rings. The SMILES string of the molecule is Cc1ccc(Cl)cc1N1CCN(C(=O)C(C)C)[C@H](C)C1=O. The maximum atomic E-state index is 12.6. The van der Waals surface area contributed by atoms with Crippen LogP contribution in [0.1, 0.15) is 26.3 Å². The summed E-state index contributed by atoms with van der Waals surface area (Å²) >= 11 is 6.04. The zero-order chi connectivity index (χ0) is 15.7. The zero-order valence-electron chi connectivity index (χ0n) is 12.9. The molecule has 0 aromatic heterocycles. The number of anilines is 1. The minimum absolute atomic E-state index is 0.0262. The smallest absolute Gasteiger partial charge is 0.249 e. The van der Waals surface area contributed by atoms with Gasteiger partial charge in [0.15, 0.2) is 0 Å². The second-order valence-electron chi connectivity index (χ2n) is 5.78. The lowest BCUT2D eigenvalue weighted by molar-refractivity contribution is -0.143. The molecule has 1 saturated heterocycles. The molecule has 0 unspecified atom stereocenters. The van der Waals surface area contributed by atoms with E-state index in [1.807, 2.05) is 32.9 Å². The fraction of sp³-hybridized carbons (Fsp3) is 0.500. The van der Waals surface area contributed by atoms with Gasteiger partial charge in [-0.15, -0.1) is 0 Å². The summed E-state index contributed by atoms with van der Waals surface area (Å²) in [6.45, 7) is 8.50. The fourth-order valence-electron chi connectivity index (χ4n) is 2.62. The number of hydrogen-bond acceptors (Lipinski definition) is 2. The third-order valence-corrected chi connectivity index (χ3v) is 4.13. The molecule has 0 saturated carbocycles. The molecule has 1 aromatic carbocycles. The molecule has 2 amide bonds. The molecule has 1 aliphatic rings. The molecule has 1 aromatic rings. The molecule has 5 heteroatoms. The Morgan fingerprint density at radius 3 is 2.62 bits per heavy atom. The van der Waals surface area contributed by atoms with Crippen molar-refractivity contribution in [3.05, 3.63) is 28.8 Å². The van der Waals surface area contributed by atoms with Crippen molar-refractivity contribution in [3.8, 4) is 0 Å². The highest BCUT2D eigenvalue weighted by Crippen LogP contribution is 2.27. The quantitative estimate of drug-likeness (QED) is 0.843. The van der Waals surface area contributed by atoms with Crippen molar-refractivity contribution in [2.45, 2.75) is 33.7 Å². The Labute approximate surface area is 130 Å². The summed E-state index contributed by atoms with van der Waals surface area (Å²) in [5.74, 6) is -0.126. The van der Waals surface area contributed by atoms with Crippen molar-refractivity contribution in [2.24, 2.45) is 5.92 Å². The van der Waals surface area contributed by atoms with E-state index in [0.717, 1.165) is 11.3 Å². The second kappa shape index (κ2) is 6.06. The van der Waals surface area contributed by atoms with Crippen LogP contribution in [0.15, 0.2) is 18.2 Å². The lowest BCUT2D eigenvalue weighted by Gasteiger charge is -2.40. The van der Waals surface area contributed by atoms with E-state index in [4.69, 9.17) is 11.6 Å². The van der Waals surface area contributed by atoms with Crippen LogP contribution in [0.4, 0.5) is 5.69 Å². The van der Waals surface area contributed by atoms with Crippen molar-refractivity contribution in [2.75, 3.05) is 18.0 Å². The van der Waals surface area contributed by atoms with E-state index in [1.54, 1.807) is 22.8 Å². The normalized spacial score (nSPS) is 19.3. The van der Waals surface area contributed by atoms with Crippen LogP contribution in [0.2, 0.25) is 5.02 Å². The van der Waals surface area contributed by atoms with E-state index in [9.17, 15) is 9.59 Å². The Morgan fingerprint density at radius 2 is 2.00 bits per heavy atom. The predicted molar refractivity (Wildman–Crippen MR) is 84.6 cm³/mol. The number of rotatable bonds is 2. The second-order valence-corrected chi connectivity index (χ2v) is 6.22. The Balaban J connectivity index is 2.26. The van der Waals surface area contributed by atoms with E-state index in [-0.39, 0.29) is 17.7 Å². The van der Waals surface area contributed by atoms with Gasteiger partial charge >= 0.3 is 0 Å². The van der Waals surface area contributed by atoms with Crippen LogP contribution in [-0.2, 0) is 9.59 Å². The summed E-state index contributed by atoms with van der Waals surface area (Å²) in [6.07, 6.45) is 0. The molecule has 1 atom stereocenters. The zero-order valence-corrected chi connectivity index (χ0v) is 13.6. The number of nitrogens with zero attached hydrogens (tertiary/aromatic N) is 2. The minimum atomic E-state index is -0.438. The number of carbonyl (C=O) groups is 2. The predicted octanol–water partition coefficient (Wildman–Crippen LogP) is 2.87. The van der Waals surface area contributed by atoms with Gasteiger partial charge in [-0.05, 0) is 31.5 Å². The monoisotopic (exact) mass is 308 g/mol. The lowest BCUT2D eigenvalue weighted by Crippen LogP contribution is -2.58. The van der Waals surface area contributed by atoms with Gasteiger partial charge in [-0.2, -0.15) is 0 Å². The van der Waals surface area contributed by atoms with Gasteiger partial charge in [0, 0.05) is 29.7 Å². The molecule has 114 valence electrons. The molecule has 0 radical (unpaired) electrons. The minimum Gasteiger partial charge on any atom is -0.329 e. The van der Waals surface area contributed by atoms with E-state index in [2.05, 4.69) is 0 Å². The van der Waals surface area contributed by atoms with Gasteiger partial charge in [0.25, 0.3) is 0 Å². The maximum Gasteiger partial charge on any atom is 0.249 e. The van der Waals surface area contributed by atoms with Gasteiger partial charge in [0.1, 0.15) is 6.04 Å². The third kappa shape index (κ3) is 3.05. The first kappa shape index (κ1) is 15.8. The average Bonchev–Trinajstić information content (AvgIpc) is 2.44. The Hall–Kier alpha value is -1.55. The van der Waals surface area contributed by atoms with E-state index in [0.29, 0.717) is 18.1 Å². The van der Waals surface area contributed by atoms with Crippen LogP contribution in [0, 0.1) is 12.8 Å². The van der Waals surface area contributed by atoms with E-state index >= 15 is 0 Å². The van der Waals surface area contributed by atoms with Crippen molar-refractivity contribution in [1.82, 2.24) is 4.90 Å². The highest BCUT2D eigenvalue weighted by atomic mass is 35.5. The number of halogens is 1. The largest absolute Gasteiger partial charge is 0.329 e. The maximum absolute atomic E-state index is 12.6. The fourth-order valence-corrected chi connectivity index (χ4v) is 2.78. The summed E-state index contributed by atoms with van der Waals surface area (Å²) < 4.78 is 0. The van der Waals surface area contributed by atoms with Crippen LogP contribution < -0.4 is 4.90 Å². The van der Waals surface area contributed by atoms with Gasteiger partial charge in [0.2, 0.25) is 11.8 Å². The molecule has 4 nitrogen and oxygen atoms in total. The van der Waals surface area contributed by atoms with Gasteiger partial charge in [-0.25, -0.2) is 0 Å². The van der Waals surface area contributed by atoms with Gasteiger partial charge in [0.05, 0.1) is 0 Å². The van der Waals surface area contributed by atoms with Gasteiger partial charge in [-0.1, -0.05) is 31.5 Å². The Kier molecular flexibility index (Phi) is 4.57. The van der Waals surface area contributed by atoms with Crippen LogP contribution in [0.25, 0.3) is 0 Å². The molecule has 2 rings (SSSR count). The van der Waals surface area contributed by atoms with E-state index < -0.39 is 6.04 Å². The topological polar surface area (TPSA) is 40.6 Å². The number of carbonyl (C=O) groups excluding carboxylic acids is 2. The molecular weight excluding hydrogens is 288 g/mol. The molecule has 0 bridgehead atoms. The summed E-state index contributed by atoms with van der Waals surface area (Å²) in [7, 11) is 0. The van der Waals surface area contributed by atoms with E-state index in [1.165, 1.54) is 0 Å². The Bertz CT molecular complexity index is 571. The third-order valence-electron chi connectivity index (χ3n) is 3.89. The van der Waals surface area contributed by atoms with Crippen LogP contribution in [0.3, 0.4) is 0 Å². The number of amides is 2. The number of piperazine rings is 1.